The average molecular weight is 316 g/mol. The minimum atomic E-state index is 0.648. The van der Waals surface area contributed by atoms with Crippen LogP contribution in [0.4, 0.5) is 5.69 Å². The maximum Gasteiger partial charge on any atom is 0.128 e. The molecular weight excluding hydrogens is 292 g/mol. The summed E-state index contributed by atoms with van der Waals surface area (Å²) in [6, 6.07) is 7.71. The Kier molecular flexibility index (Phi) is 5.15. The molecule has 0 saturated carbocycles. The van der Waals surface area contributed by atoms with E-state index in [1.807, 2.05) is 36.0 Å². The van der Waals surface area contributed by atoms with Crippen LogP contribution in [0.3, 0.4) is 0 Å². The van der Waals surface area contributed by atoms with Crippen molar-refractivity contribution in [3.8, 4) is 17.0 Å². The molecule has 1 aromatic carbocycles. The SMILES string of the molecule is Cn1nccc1-c1cc(N)ccc1OCCN1CCCOCC1. The van der Waals surface area contributed by atoms with Gasteiger partial charge in [-0.1, -0.05) is 0 Å². The van der Waals surface area contributed by atoms with Crippen LogP contribution in [0, 0.1) is 0 Å². The number of ether oxygens (including phenoxy) is 2. The van der Waals surface area contributed by atoms with Crippen molar-refractivity contribution in [2.24, 2.45) is 7.05 Å². The summed E-state index contributed by atoms with van der Waals surface area (Å²) in [4.78, 5) is 2.38. The van der Waals surface area contributed by atoms with Crippen LogP contribution in [0.25, 0.3) is 11.3 Å². The summed E-state index contributed by atoms with van der Waals surface area (Å²) in [7, 11) is 1.92. The molecule has 3 rings (SSSR count). The highest BCUT2D eigenvalue weighted by atomic mass is 16.5. The third-order valence-corrected chi connectivity index (χ3v) is 4.08. The molecule has 1 fully saturated rings. The van der Waals surface area contributed by atoms with E-state index < -0.39 is 0 Å². The fourth-order valence-electron chi connectivity index (χ4n) is 2.82. The Hall–Kier alpha value is -2.05. The predicted molar refractivity (Wildman–Crippen MR) is 90.4 cm³/mol. The topological polar surface area (TPSA) is 65.5 Å². The van der Waals surface area contributed by atoms with Gasteiger partial charge in [-0.2, -0.15) is 5.10 Å². The van der Waals surface area contributed by atoms with E-state index in [0.717, 1.165) is 62.0 Å². The fraction of sp³-hybridized carbons (Fsp3) is 0.471. The standard InChI is InChI=1S/C17H24N4O2/c1-20-16(5-6-19-20)15-13-14(18)3-4-17(15)23-12-9-21-7-2-10-22-11-8-21/h3-6,13H,2,7-12,18H2,1H3. The minimum Gasteiger partial charge on any atom is -0.492 e. The number of rotatable bonds is 5. The van der Waals surface area contributed by atoms with Gasteiger partial charge < -0.3 is 15.2 Å². The maximum atomic E-state index is 6.04. The summed E-state index contributed by atoms with van der Waals surface area (Å²) in [5.74, 6) is 0.842. The number of aromatic nitrogens is 2. The lowest BCUT2D eigenvalue weighted by Crippen LogP contribution is -2.30. The van der Waals surface area contributed by atoms with Crippen molar-refractivity contribution in [2.75, 3.05) is 45.2 Å². The largest absolute Gasteiger partial charge is 0.492 e. The molecule has 0 bridgehead atoms. The molecule has 0 atom stereocenters. The summed E-state index contributed by atoms with van der Waals surface area (Å²) in [6.45, 7) is 5.26. The van der Waals surface area contributed by atoms with Crippen molar-refractivity contribution in [3.63, 3.8) is 0 Å². The number of anilines is 1. The van der Waals surface area contributed by atoms with E-state index >= 15 is 0 Å². The lowest BCUT2D eigenvalue weighted by atomic mass is 10.1. The van der Waals surface area contributed by atoms with Crippen LogP contribution in [0.2, 0.25) is 0 Å². The maximum absolute atomic E-state index is 6.04. The Morgan fingerprint density at radius 3 is 3.00 bits per heavy atom. The Morgan fingerprint density at radius 1 is 1.26 bits per heavy atom. The number of nitrogen functional groups attached to an aromatic ring is 1. The van der Waals surface area contributed by atoms with E-state index in [-0.39, 0.29) is 0 Å². The monoisotopic (exact) mass is 316 g/mol. The van der Waals surface area contributed by atoms with Crippen LogP contribution >= 0.6 is 0 Å². The number of hydrogen-bond donors (Lipinski definition) is 1. The van der Waals surface area contributed by atoms with Crippen molar-refractivity contribution < 1.29 is 9.47 Å². The second-order valence-electron chi connectivity index (χ2n) is 5.75. The van der Waals surface area contributed by atoms with Crippen molar-refractivity contribution in [1.82, 2.24) is 14.7 Å². The number of nitrogens with two attached hydrogens (primary N) is 1. The molecular formula is C17H24N4O2. The molecule has 23 heavy (non-hydrogen) atoms. The van der Waals surface area contributed by atoms with E-state index in [9.17, 15) is 0 Å². The van der Waals surface area contributed by atoms with Crippen LogP contribution in [0.5, 0.6) is 5.75 Å². The normalized spacial score (nSPS) is 16.2. The molecule has 124 valence electrons. The highest BCUT2D eigenvalue weighted by molar-refractivity contribution is 5.71. The van der Waals surface area contributed by atoms with E-state index in [4.69, 9.17) is 15.2 Å². The number of aryl methyl sites for hydroxylation is 1. The molecule has 2 N–H and O–H groups in total. The van der Waals surface area contributed by atoms with Gasteiger partial charge in [0.25, 0.3) is 0 Å². The predicted octanol–water partition coefficient (Wildman–Crippen LogP) is 1.77. The first-order valence-electron chi connectivity index (χ1n) is 8.05. The molecule has 0 spiro atoms. The molecule has 0 aliphatic carbocycles. The van der Waals surface area contributed by atoms with Crippen molar-refractivity contribution in [2.45, 2.75) is 6.42 Å². The van der Waals surface area contributed by atoms with E-state index in [1.54, 1.807) is 6.20 Å². The van der Waals surface area contributed by atoms with Crippen molar-refractivity contribution in [3.05, 3.63) is 30.5 Å². The molecule has 2 aromatic rings. The first-order valence-corrected chi connectivity index (χ1v) is 8.05. The molecule has 1 aliphatic rings. The fourth-order valence-corrected chi connectivity index (χ4v) is 2.82. The Labute approximate surface area is 136 Å². The van der Waals surface area contributed by atoms with Crippen LogP contribution < -0.4 is 10.5 Å². The Bertz CT molecular complexity index is 633. The Morgan fingerprint density at radius 2 is 2.17 bits per heavy atom. The number of benzene rings is 1. The van der Waals surface area contributed by atoms with Gasteiger partial charge in [0.2, 0.25) is 0 Å². The van der Waals surface area contributed by atoms with Crippen LogP contribution in [0.1, 0.15) is 6.42 Å². The van der Waals surface area contributed by atoms with Gasteiger partial charge in [0.15, 0.2) is 0 Å². The van der Waals surface area contributed by atoms with Gasteiger partial charge >= 0.3 is 0 Å². The van der Waals surface area contributed by atoms with Crippen LogP contribution in [-0.2, 0) is 11.8 Å². The highest BCUT2D eigenvalue weighted by Gasteiger charge is 2.12. The van der Waals surface area contributed by atoms with Crippen LogP contribution in [0.15, 0.2) is 30.5 Å². The zero-order valence-corrected chi connectivity index (χ0v) is 13.6. The van der Waals surface area contributed by atoms with E-state index in [2.05, 4.69) is 10.00 Å². The average Bonchev–Trinajstić information content (AvgIpc) is 2.81. The summed E-state index contributed by atoms with van der Waals surface area (Å²) in [6.07, 6.45) is 2.86. The summed E-state index contributed by atoms with van der Waals surface area (Å²) in [5, 5.41) is 4.23. The van der Waals surface area contributed by atoms with Gasteiger partial charge in [0.1, 0.15) is 12.4 Å². The molecule has 1 aromatic heterocycles. The third-order valence-electron chi connectivity index (χ3n) is 4.08. The number of nitrogens with zero attached hydrogens (tertiary/aromatic N) is 3. The molecule has 0 radical (unpaired) electrons. The summed E-state index contributed by atoms with van der Waals surface area (Å²) in [5.41, 5.74) is 8.63. The molecule has 0 unspecified atom stereocenters. The van der Waals surface area contributed by atoms with Crippen LogP contribution in [-0.4, -0.2) is 54.1 Å². The molecule has 1 saturated heterocycles. The third kappa shape index (κ3) is 4.03. The second kappa shape index (κ2) is 7.48. The van der Waals surface area contributed by atoms with Gasteiger partial charge in [-0.3, -0.25) is 9.58 Å². The molecule has 0 amide bonds. The molecule has 2 heterocycles. The van der Waals surface area contributed by atoms with Gasteiger partial charge in [0.05, 0.1) is 12.3 Å². The quantitative estimate of drug-likeness (QED) is 0.852. The molecule has 6 nitrogen and oxygen atoms in total. The summed E-state index contributed by atoms with van der Waals surface area (Å²) < 4.78 is 13.3. The first kappa shape index (κ1) is 15.8. The minimum absolute atomic E-state index is 0.648. The van der Waals surface area contributed by atoms with E-state index in [1.165, 1.54) is 0 Å². The summed E-state index contributed by atoms with van der Waals surface area (Å²) >= 11 is 0. The highest BCUT2D eigenvalue weighted by Crippen LogP contribution is 2.31. The zero-order valence-electron chi connectivity index (χ0n) is 13.6. The van der Waals surface area contributed by atoms with E-state index in [0.29, 0.717) is 6.61 Å². The first-order chi connectivity index (χ1) is 11.2. The van der Waals surface area contributed by atoms with Crippen molar-refractivity contribution >= 4 is 5.69 Å². The number of hydrogen-bond acceptors (Lipinski definition) is 5. The molecule has 6 heteroatoms. The lowest BCUT2D eigenvalue weighted by Gasteiger charge is -2.20. The smallest absolute Gasteiger partial charge is 0.128 e. The van der Waals surface area contributed by atoms with Gasteiger partial charge in [-0.25, -0.2) is 0 Å². The molecule has 1 aliphatic heterocycles. The van der Waals surface area contributed by atoms with Gasteiger partial charge in [0, 0.05) is 50.7 Å². The Balaban J connectivity index is 1.67. The van der Waals surface area contributed by atoms with Crippen molar-refractivity contribution in [1.29, 1.82) is 0 Å². The second-order valence-corrected chi connectivity index (χ2v) is 5.75. The van der Waals surface area contributed by atoms with Gasteiger partial charge in [-0.15, -0.1) is 0 Å². The van der Waals surface area contributed by atoms with Gasteiger partial charge in [-0.05, 0) is 30.7 Å². The zero-order chi connectivity index (χ0) is 16.1. The lowest BCUT2D eigenvalue weighted by molar-refractivity contribution is 0.137.